The molecule has 0 unspecified atom stereocenters. The topological polar surface area (TPSA) is 44.8 Å². The number of carbonyl (C=O) groups excluding carboxylic acids is 1. The Morgan fingerprint density at radius 2 is 1.74 bits per heavy atom. The van der Waals surface area contributed by atoms with E-state index in [-0.39, 0.29) is 5.12 Å². The third kappa shape index (κ3) is 4.52. The summed E-state index contributed by atoms with van der Waals surface area (Å²) in [6.45, 7) is 1.55. The molecule has 0 radical (unpaired) electrons. The molecular weight excluding hydrogens is 264 g/mol. The van der Waals surface area contributed by atoms with Gasteiger partial charge in [-0.25, -0.2) is 0 Å². The second kappa shape index (κ2) is 7.74. The summed E-state index contributed by atoms with van der Waals surface area (Å²) < 4.78 is 15.8. The van der Waals surface area contributed by atoms with Crippen molar-refractivity contribution in [3.63, 3.8) is 0 Å². The van der Waals surface area contributed by atoms with Gasteiger partial charge in [-0.3, -0.25) is 4.79 Å². The van der Waals surface area contributed by atoms with E-state index in [1.165, 1.54) is 11.8 Å². The van der Waals surface area contributed by atoms with E-state index in [1.807, 2.05) is 24.3 Å². The van der Waals surface area contributed by atoms with Gasteiger partial charge in [-0.15, -0.1) is 0 Å². The molecule has 0 aliphatic rings. The van der Waals surface area contributed by atoms with Gasteiger partial charge in [0.15, 0.2) is 16.6 Å². The minimum Gasteiger partial charge on any atom is -0.493 e. The third-order valence-corrected chi connectivity index (χ3v) is 3.15. The lowest BCUT2D eigenvalue weighted by Crippen LogP contribution is -1.95. The van der Waals surface area contributed by atoms with Crippen LogP contribution in [0, 0.1) is 0 Å². The van der Waals surface area contributed by atoms with Crippen molar-refractivity contribution >= 4 is 23.0 Å². The van der Waals surface area contributed by atoms with Crippen molar-refractivity contribution in [3.05, 3.63) is 23.8 Å². The standard InChI is InChI=1S/C14H18O4S/c1-10(15)19-7-5-6-11-8-12(16-2)14(18-4)13(9-11)17-3/h5-6,8-9H,7H2,1-4H3. The number of ether oxygens (including phenoxy) is 3. The first-order chi connectivity index (χ1) is 9.12. The van der Waals surface area contributed by atoms with Crippen LogP contribution in [0.4, 0.5) is 0 Å². The van der Waals surface area contributed by atoms with Gasteiger partial charge in [-0.2, -0.15) is 0 Å². The molecule has 104 valence electrons. The van der Waals surface area contributed by atoms with E-state index in [9.17, 15) is 4.79 Å². The molecule has 5 heteroatoms. The number of rotatable bonds is 6. The van der Waals surface area contributed by atoms with Gasteiger partial charge in [0.2, 0.25) is 5.75 Å². The molecule has 1 aromatic carbocycles. The average Bonchev–Trinajstić information content (AvgIpc) is 2.42. The Kier molecular flexibility index (Phi) is 6.29. The van der Waals surface area contributed by atoms with E-state index < -0.39 is 0 Å². The highest BCUT2D eigenvalue weighted by Crippen LogP contribution is 2.38. The average molecular weight is 282 g/mol. The fourth-order valence-electron chi connectivity index (χ4n) is 1.55. The van der Waals surface area contributed by atoms with E-state index in [1.54, 1.807) is 28.3 Å². The summed E-state index contributed by atoms with van der Waals surface area (Å²) in [7, 11) is 4.73. The maximum Gasteiger partial charge on any atom is 0.203 e. The summed E-state index contributed by atoms with van der Waals surface area (Å²) in [5.41, 5.74) is 0.929. The molecule has 1 aromatic rings. The van der Waals surface area contributed by atoms with Crippen molar-refractivity contribution < 1.29 is 19.0 Å². The van der Waals surface area contributed by atoms with E-state index in [0.717, 1.165) is 5.56 Å². The molecule has 0 aliphatic carbocycles. The first kappa shape index (κ1) is 15.4. The lowest BCUT2D eigenvalue weighted by atomic mass is 10.1. The van der Waals surface area contributed by atoms with Crippen LogP contribution in [0.5, 0.6) is 17.2 Å². The summed E-state index contributed by atoms with van der Waals surface area (Å²) in [6.07, 6.45) is 3.84. The molecule has 0 amide bonds. The van der Waals surface area contributed by atoms with Crippen molar-refractivity contribution in [2.45, 2.75) is 6.92 Å². The monoisotopic (exact) mass is 282 g/mol. The SMILES string of the molecule is COc1cc(C=CCSC(C)=O)cc(OC)c1OC. The smallest absolute Gasteiger partial charge is 0.203 e. The Balaban J connectivity index is 2.93. The van der Waals surface area contributed by atoms with Gasteiger partial charge in [-0.1, -0.05) is 23.9 Å². The predicted molar refractivity (Wildman–Crippen MR) is 78.3 cm³/mol. The highest BCUT2D eigenvalue weighted by Gasteiger charge is 2.11. The second-order valence-corrected chi connectivity index (χ2v) is 4.86. The normalized spacial score (nSPS) is 10.5. The molecule has 0 N–H and O–H groups in total. The van der Waals surface area contributed by atoms with Gasteiger partial charge in [0.05, 0.1) is 21.3 Å². The first-order valence-electron chi connectivity index (χ1n) is 5.72. The van der Waals surface area contributed by atoms with Crippen LogP contribution >= 0.6 is 11.8 Å². The molecule has 0 fully saturated rings. The van der Waals surface area contributed by atoms with Crippen molar-refractivity contribution in [2.24, 2.45) is 0 Å². The molecule has 0 atom stereocenters. The number of methoxy groups -OCH3 is 3. The third-order valence-electron chi connectivity index (χ3n) is 2.38. The molecule has 0 aliphatic heterocycles. The van der Waals surface area contributed by atoms with Crippen LogP contribution in [-0.4, -0.2) is 32.2 Å². The highest BCUT2D eigenvalue weighted by atomic mass is 32.2. The molecule has 0 saturated heterocycles. The Labute approximate surface area is 117 Å². The van der Waals surface area contributed by atoms with Gasteiger partial charge in [0.1, 0.15) is 0 Å². The lowest BCUT2D eigenvalue weighted by Gasteiger charge is -2.12. The van der Waals surface area contributed by atoms with Crippen molar-refractivity contribution in [2.75, 3.05) is 27.1 Å². The maximum atomic E-state index is 10.8. The van der Waals surface area contributed by atoms with Crippen LogP contribution < -0.4 is 14.2 Å². The molecule has 0 heterocycles. The van der Waals surface area contributed by atoms with Crippen molar-refractivity contribution in [3.8, 4) is 17.2 Å². The van der Waals surface area contributed by atoms with E-state index in [0.29, 0.717) is 23.0 Å². The van der Waals surface area contributed by atoms with Crippen molar-refractivity contribution in [1.29, 1.82) is 0 Å². The quantitative estimate of drug-likeness (QED) is 0.802. The number of hydrogen-bond acceptors (Lipinski definition) is 5. The van der Waals surface area contributed by atoms with Crippen LogP contribution in [0.15, 0.2) is 18.2 Å². The Morgan fingerprint density at radius 1 is 1.16 bits per heavy atom. The number of hydrogen-bond donors (Lipinski definition) is 0. The summed E-state index contributed by atoms with van der Waals surface area (Å²) >= 11 is 1.27. The summed E-state index contributed by atoms with van der Waals surface area (Å²) in [4.78, 5) is 10.8. The zero-order chi connectivity index (χ0) is 14.3. The highest BCUT2D eigenvalue weighted by molar-refractivity contribution is 8.13. The van der Waals surface area contributed by atoms with Gasteiger partial charge >= 0.3 is 0 Å². The fourth-order valence-corrected chi connectivity index (χ4v) is 1.97. The predicted octanol–water partition coefficient (Wildman–Crippen LogP) is 3.01. The summed E-state index contributed by atoms with van der Waals surface area (Å²) in [5, 5.41) is 0.106. The fraction of sp³-hybridized carbons (Fsp3) is 0.357. The summed E-state index contributed by atoms with van der Waals surface area (Å²) in [6, 6.07) is 3.71. The molecule has 0 saturated carbocycles. The zero-order valence-corrected chi connectivity index (χ0v) is 12.4. The van der Waals surface area contributed by atoms with Crippen LogP contribution in [0.2, 0.25) is 0 Å². The zero-order valence-electron chi connectivity index (χ0n) is 11.6. The number of benzene rings is 1. The minimum absolute atomic E-state index is 0.106. The summed E-state index contributed by atoms with van der Waals surface area (Å²) in [5.74, 6) is 2.44. The van der Waals surface area contributed by atoms with Crippen LogP contribution in [0.3, 0.4) is 0 Å². The van der Waals surface area contributed by atoms with Crippen molar-refractivity contribution in [1.82, 2.24) is 0 Å². The number of thioether (sulfide) groups is 1. The lowest BCUT2D eigenvalue weighted by molar-refractivity contribution is -0.109. The van der Waals surface area contributed by atoms with Gasteiger partial charge < -0.3 is 14.2 Å². The second-order valence-electron chi connectivity index (χ2n) is 3.66. The van der Waals surface area contributed by atoms with Crippen LogP contribution in [-0.2, 0) is 4.79 Å². The Morgan fingerprint density at radius 3 is 2.16 bits per heavy atom. The number of carbonyl (C=O) groups is 1. The first-order valence-corrected chi connectivity index (χ1v) is 6.70. The van der Waals surface area contributed by atoms with E-state index in [2.05, 4.69) is 0 Å². The Bertz CT molecular complexity index is 444. The Hall–Kier alpha value is -1.62. The molecule has 19 heavy (non-hydrogen) atoms. The van der Waals surface area contributed by atoms with E-state index in [4.69, 9.17) is 14.2 Å². The molecule has 0 spiro atoms. The molecule has 4 nitrogen and oxygen atoms in total. The minimum atomic E-state index is 0.106. The van der Waals surface area contributed by atoms with E-state index >= 15 is 0 Å². The van der Waals surface area contributed by atoms with Gasteiger partial charge in [0, 0.05) is 12.7 Å². The van der Waals surface area contributed by atoms with Gasteiger partial charge in [0.25, 0.3) is 0 Å². The van der Waals surface area contributed by atoms with Gasteiger partial charge in [-0.05, 0) is 17.7 Å². The largest absolute Gasteiger partial charge is 0.493 e. The maximum absolute atomic E-state index is 10.8. The molecule has 0 bridgehead atoms. The molecule has 0 aromatic heterocycles. The molecular formula is C14H18O4S. The molecule has 1 rings (SSSR count). The van der Waals surface area contributed by atoms with Crippen LogP contribution in [0.25, 0.3) is 6.08 Å². The van der Waals surface area contributed by atoms with Crippen LogP contribution in [0.1, 0.15) is 12.5 Å².